The van der Waals surface area contributed by atoms with Gasteiger partial charge in [0.2, 0.25) is 0 Å². The highest BCUT2D eigenvalue weighted by molar-refractivity contribution is 6.60. The Morgan fingerprint density at radius 2 is 2.36 bits per heavy atom. The van der Waals surface area contributed by atoms with Crippen molar-refractivity contribution < 1.29 is 4.32 Å². The molecule has 0 amide bonds. The van der Waals surface area contributed by atoms with Crippen LogP contribution in [0.25, 0.3) is 0 Å². The largest absolute Gasteiger partial charge is 0.345 e. The molecular weight excluding hydrogens is 137 g/mol. The molecule has 0 aromatic rings. The minimum Gasteiger partial charge on any atom is -0.337 e. The summed E-state index contributed by atoms with van der Waals surface area (Å²) in [6.45, 7) is 4.24. The summed E-state index contributed by atoms with van der Waals surface area (Å²) in [7, 11) is 0. The van der Waals surface area contributed by atoms with Crippen molar-refractivity contribution in [2.24, 2.45) is 5.92 Å². The van der Waals surface area contributed by atoms with E-state index in [1.807, 2.05) is 0 Å². The molecule has 11 heavy (non-hydrogen) atoms. The van der Waals surface area contributed by atoms with Gasteiger partial charge >= 0.3 is 6.99 Å². The lowest BCUT2D eigenvalue weighted by Crippen LogP contribution is -2.08. The van der Waals surface area contributed by atoms with E-state index in [1.54, 1.807) is 6.82 Å². The number of hydrogen-bond acceptors (Lipinski definition) is 0. The van der Waals surface area contributed by atoms with Gasteiger partial charge in [-0.25, -0.2) is 0 Å². The minimum absolute atomic E-state index is 0.587. The zero-order valence-electron chi connectivity index (χ0n) is 7.65. The van der Waals surface area contributed by atoms with Crippen LogP contribution < -0.4 is 0 Å². The van der Waals surface area contributed by atoms with E-state index < -0.39 is 6.99 Å². The summed E-state index contributed by atoms with van der Waals surface area (Å²) in [6.07, 6.45) is 5.99. The fourth-order valence-corrected chi connectivity index (χ4v) is 2.22. The molecule has 1 atom stereocenters. The molecule has 1 rings (SSSR count). The molecule has 1 fully saturated rings. The molecule has 1 heterocycles. The average Bonchev–Trinajstić information content (AvgIpc) is 2.34. The predicted octanol–water partition coefficient (Wildman–Crippen LogP) is 3.11. The molecule has 0 saturated carbocycles. The Bertz CT molecular complexity index is 117. The van der Waals surface area contributed by atoms with Crippen molar-refractivity contribution in [3.8, 4) is 0 Å². The molecule has 1 aliphatic rings. The fourth-order valence-electron chi connectivity index (χ4n) is 2.22. The molecule has 0 spiro atoms. The van der Waals surface area contributed by atoms with E-state index in [0.29, 0.717) is 5.92 Å². The SMILES string of the molecule is CCB1CCC(CB(C)F)C1. The first-order valence-corrected chi connectivity index (χ1v) is 4.86. The van der Waals surface area contributed by atoms with Gasteiger partial charge in [0.1, 0.15) is 6.71 Å². The standard InChI is InChI=1S/C8H17B2F/c1-3-10-5-4-8(7-10)6-9(2)11/h8H,3-7H2,1-2H3. The number of rotatable bonds is 3. The number of halogens is 1. The third kappa shape index (κ3) is 2.88. The maximum Gasteiger partial charge on any atom is 0.345 e. The van der Waals surface area contributed by atoms with Crippen LogP contribution in [0.2, 0.25) is 32.1 Å². The summed E-state index contributed by atoms with van der Waals surface area (Å²) in [4.78, 5) is 0. The molecule has 0 N–H and O–H groups in total. The smallest absolute Gasteiger partial charge is 0.337 e. The molecule has 62 valence electrons. The molecule has 0 aromatic carbocycles. The van der Waals surface area contributed by atoms with Gasteiger partial charge in [-0.15, -0.1) is 0 Å². The Morgan fingerprint density at radius 1 is 1.64 bits per heavy atom. The van der Waals surface area contributed by atoms with Crippen LogP contribution in [-0.4, -0.2) is 13.7 Å². The van der Waals surface area contributed by atoms with Gasteiger partial charge in [0.15, 0.2) is 0 Å². The lowest BCUT2D eigenvalue weighted by molar-refractivity contribution is 0.629. The molecule has 0 aliphatic carbocycles. The minimum atomic E-state index is -0.587. The van der Waals surface area contributed by atoms with Gasteiger partial charge in [0.05, 0.1) is 0 Å². The van der Waals surface area contributed by atoms with Crippen LogP contribution in [0.1, 0.15) is 13.3 Å². The van der Waals surface area contributed by atoms with Crippen LogP contribution >= 0.6 is 0 Å². The van der Waals surface area contributed by atoms with Crippen LogP contribution in [-0.2, 0) is 0 Å². The van der Waals surface area contributed by atoms with E-state index in [4.69, 9.17) is 0 Å². The van der Waals surface area contributed by atoms with Crippen molar-refractivity contribution in [3.63, 3.8) is 0 Å². The zero-order chi connectivity index (χ0) is 8.27. The van der Waals surface area contributed by atoms with Gasteiger partial charge in [-0.3, -0.25) is 0 Å². The molecule has 0 radical (unpaired) electrons. The summed E-state index contributed by atoms with van der Waals surface area (Å²) in [5.41, 5.74) is 0. The molecular formula is C8H17B2F. The second-order valence-electron chi connectivity index (χ2n) is 3.97. The van der Waals surface area contributed by atoms with Gasteiger partial charge in [0, 0.05) is 0 Å². The van der Waals surface area contributed by atoms with Gasteiger partial charge in [-0.2, -0.15) is 0 Å². The number of hydrogen-bond donors (Lipinski definition) is 0. The highest BCUT2D eigenvalue weighted by Crippen LogP contribution is 2.32. The molecule has 1 unspecified atom stereocenters. The summed E-state index contributed by atoms with van der Waals surface area (Å²) in [6, 6.07) is 0. The first-order valence-electron chi connectivity index (χ1n) is 4.86. The van der Waals surface area contributed by atoms with Crippen LogP contribution in [0.3, 0.4) is 0 Å². The second kappa shape index (κ2) is 4.18. The summed E-state index contributed by atoms with van der Waals surface area (Å²) < 4.78 is 12.6. The lowest BCUT2D eigenvalue weighted by atomic mass is 9.45. The van der Waals surface area contributed by atoms with Crippen molar-refractivity contribution >= 4 is 13.7 Å². The van der Waals surface area contributed by atoms with Crippen molar-refractivity contribution in [3.05, 3.63) is 0 Å². The van der Waals surface area contributed by atoms with Crippen LogP contribution in [0, 0.1) is 5.92 Å². The van der Waals surface area contributed by atoms with Crippen molar-refractivity contribution in [2.45, 2.75) is 45.4 Å². The highest BCUT2D eigenvalue weighted by atomic mass is 19.1. The lowest BCUT2D eigenvalue weighted by Gasteiger charge is -2.07. The first kappa shape index (κ1) is 9.15. The van der Waals surface area contributed by atoms with Gasteiger partial charge in [-0.05, 0) is 6.32 Å². The molecule has 0 bridgehead atoms. The molecule has 1 aliphatic heterocycles. The third-order valence-corrected chi connectivity index (χ3v) is 2.89. The molecule has 0 aromatic heterocycles. The van der Waals surface area contributed by atoms with Crippen LogP contribution in [0.4, 0.5) is 4.32 Å². The van der Waals surface area contributed by atoms with Gasteiger partial charge in [-0.1, -0.05) is 45.0 Å². The third-order valence-electron chi connectivity index (χ3n) is 2.89. The quantitative estimate of drug-likeness (QED) is 0.547. The topological polar surface area (TPSA) is 0 Å². The van der Waals surface area contributed by atoms with Crippen molar-refractivity contribution in [1.82, 2.24) is 0 Å². The van der Waals surface area contributed by atoms with Crippen molar-refractivity contribution in [1.29, 1.82) is 0 Å². The van der Waals surface area contributed by atoms with Crippen LogP contribution in [0.5, 0.6) is 0 Å². The monoisotopic (exact) mass is 154 g/mol. The summed E-state index contributed by atoms with van der Waals surface area (Å²) in [5.74, 6) is 0.694. The normalized spacial score (nSPS) is 24.3. The highest BCUT2D eigenvalue weighted by Gasteiger charge is 2.27. The Balaban J connectivity index is 2.19. The van der Waals surface area contributed by atoms with E-state index in [1.165, 1.54) is 25.4 Å². The van der Waals surface area contributed by atoms with Crippen molar-refractivity contribution in [2.75, 3.05) is 0 Å². The molecule has 0 nitrogen and oxygen atoms in total. The van der Waals surface area contributed by atoms with E-state index in [-0.39, 0.29) is 0 Å². The predicted molar refractivity (Wildman–Crippen MR) is 51.5 cm³/mol. The van der Waals surface area contributed by atoms with Gasteiger partial charge in [0.25, 0.3) is 0 Å². The Morgan fingerprint density at radius 3 is 2.82 bits per heavy atom. The molecule has 1 saturated heterocycles. The van der Waals surface area contributed by atoms with E-state index in [9.17, 15) is 4.32 Å². The summed E-state index contributed by atoms with van der Waals surface area (Å²) >= 11 is 0. The average molecular weight is 154 g/mol. The Hall–Kier alpha value is 0.0599. The maximum absolute atomic E-state index is 12.6. The van der Waals surface area contributed by atoms with Crippen LogP contribution in [0.15, 0.2) is 0 Å². The second-order valence-corrected chi connectivity index (χ2v) is 3.97. The van der Waals surface area contributed by atoms with E-state index >= 15 is 0 Å². The summed E-state index contributed by atoms with van der Waals surface area (Å²) in [5, 5.41) is 0. The molecule has 3 heteroatoms. The zero-order valence-corrected chi connectivity index (χ0v) is 7.65. The fraction of sp³-hybridized carbons (Fsp3) is 1.00. The van der Waals surface area contributed by atoms with E-state index in [0.717, 1.165) is 13.0 Å². The Kier molecular flexibility index (Phi) is 3.47. The maximum atomic E-state index is 12.6. The Labute approximate surface area is 70.1 Å². The first-order chi connectivity index (χ1) is 5.22. The van der Waals surface area contributed by atoms with E-state index in [2.05, 4.69) is 6.92 Å². The van der Waals surface area contributed by atoms with Gasteiger partial charge < -0.3 is 4.32 Å².